The molecular formula is C19H22N4O4S. The Morgan fingerprint density at radius 1 is 1.04 bits per heavy atom. The van der Waals surface area contributed by atoms with Crippen molar-refractivity contribution in [3.63, 3.8) is 0 Å². The summed E-state index contributed by atoms with van der Waals surface area (Å²) in [5.74, 6) is 1.38. The maximum Gasteiger partial charge on any atom is 0.269 e. The van der Waals surface area contributed by atoms with Gasteiger partial charge in [-0.1, -0.05) is 0 Å². The molecule has 0 bridgehead atoms. The minimum Gasteiger partial charge on any atom is -0.497 e. The summed E-state index contributed by atoms with van der Waals surface area (Å²) in [6, 6.07) is 12.2. The van der Waals surface area contributed by atoms with E-state index in [1.807, 2.05) is 12.1 Å². The SMILES string of the molecule is COc1cc(NC(=S)N2CCN(c3ccc([N+](=O)[O-])cc3)CC2)cc(OC)c1. The van der Waals surface area contributed by atoms with E-state index < -0.39 is 0 Å². The summed E-state index contributed by atoms with van der Waals surface area (Å²) in [6.07, 6.45) is 0. The Morgan fingerprint density at radius 2 is 1.61 bits per heavy atom. The van der Waals surface area contributed by atoms with Crippen LogP contribution in [0.2, 0.25) is 0 Å². The zero-order chi connectivity index (χ0) is 20.1. The standard InChI is InChI=1S/C19H22N4O4S/c1-26-17-11-14(12-18(13-17)27-2)20-19(28)22-9-7-21(8-10-22)15-3-5-16(6-4-15)23(24)25/h3-6,11-13H,7-10H2,1-2H3,(H,20,28). The van der Waals surface area contributed by atoms with Crippen LogP contribution in [0.5, 0.6) is 11.5 Å². The molecule has 1 aliphatic heterocycles. The fraction of sp³-hybridized carbons (Fsp3) is 0.316. The highest BCUT2D eigenvalue weighted by atomic mass is 32.1. The van der Waals surface area contributed by atoms with Crippen molar-refractivity contribution in [3.8, 4) is 11.5 Å². The first-order valence-corrected chi connectivity index (χ1v) is 9.19. The summed E-state index contributed by atoms with van der Waals surface area (Å²) >= 11 is 5.56. The summed E-state index contributed by atoms with van der Waals surface area (Å²) in [5, 5.41) is 14.7. The fourth-order valence-electron chi connectivity index (χ4n) is 3.04. The van der Waals surface area contributed by atoms with Crippen LogP contribution in [-0.2, 0) is 0 Å². The molecule has 3 rings (SSSR count). The van der Waals surface area contributed by atoms with Crippen LogP contribution in [0.25, 0.3) is 0 Å². The Labute approximate surface area is 168 Å². The molecule has 1 saturated heterocycles. The quantitative estimate of drug-likeness (QED) is 0.464. The average Bonchev–Trinajstić information content (AvgIpc) is 2.73. The number of rotatable bonds is 5. The Kier molecular flexibility index (Phi) is 6.15. The first-order chi connectivity index (χ1) is 13.5. The number of nitro benzene ring substituents is 1. The van der Waals surface area contributed by atoms with E-state index in [1.165, 1.54) is 12.1 Å². The molecule has 0 spiro atoms. The minimum atomic E-state index is -0.389. The van der Waals surface area contributed by atoms with Gasteiger partial charge < -0.3 is 24.6 Å². The fourth-order valence-corrected chi connectivity index (χ4v) is 3.34. The molecule has 0 aliphatic carbocycles. The Balaban J connectivity index is 1.58. The van der Waals surface area contributed by atoms with Crippen molar-refractivity contribution < 1.29 is 14.4 Å². The average molecular weight is 402 g/mol. The largest absolute Gasteiger partial charge is 0.497 e. The van der Waals surface area contributed by atoms with Crippen LogP contribution in [0.3, 0.4) is 0 Å². The van der Waals surface area contributed by atoms with Gasteiger partial charge in [0.05, 0.1) is 19.1 Å². The lowest BCUT2D eigenvalue weighted by molar-refractivity contribution is -0.384. The first kappa shape index (κ1) is 19.7. The van der Waals surface area contributed by atoms with Crippen molar-refractivity contribution >= 4 is 34.4 Å². The normalized spacial score (nSPS) is 13.8. The van der Waals surface area contributed by atoms with Crippen LogP contribution in [0.1, 0.15) is 0 Å². The maximum atomic E-state index is 10.8. The van der Waals surface area contributed by atoms with Gasteiger partial charge in [-0.05, 0) is 24.4 Å². The van der Waals surface area contributed by atoms with Crippen molar-refractivity contribution in [2.75, 3.05) is 50.6 Å². The number of nitrogens with zero attached hydrogens (tertiary/aromatic N) is 3. The van der Waals surface area contributed by atoms with Crippen molar-refractivity contribution in [1.29, 1.82) is 0 Å². The van der Waals surface area contributed by atoms with Crippen molar-refractivity contribution in [2.45, 2.75) is 0 Å². The van der Waals surface area contributed by atoms with Crippen LogP contribution >= 0.6 is 12.2 Å². The molecule has 0 radical (unpaired) electrons. The summed E-state index contributed by atoms with van der Waals surface area (Å²) in [5.41, 5.74) is 1.88. The number of ether oxygens (including phenoxy) is 2. The first-order valence-electron chi connectivity index (χ1n) is 8.78. The Morgan fingerprint density at radius 3 is 2.11 bits per heavy atom. The number of non-ortho nitro benzene ring substituents is 1. The third kappa shape index (κ3) is 4.61. The van der Waals surface area contributed by atoms with Crippen LogP contribution in [0.15, 0.2) is 42.5 Å². The molecule has 0 amide bonds. The molecule has 0 saturated carbocycles. The highest BCUT2D eigenvalue weighted by Crippen LogP contribution is 2.26. The van der Waals surface area contributed by atoms with E-state index >= 15 is 0 Å². The second-order valence-corrected chi connectivity index (χ2v) is 6.67. The van der Waals surface area contributed by atoms with Gasteiger partial charge in [-0.15, -0.1) is 0 Å². The number of piperazine rings is 1. The van der Waals surface area contributed by atoms with Gasteiger partial charge in [0, 0.05) is 67.9 Å². The number of nitrogens with one attached hydrogen (secondary N) is 1. The zero-order valence-electron chi connectivity index (χ0n) is 15.8. The third-order valence-corrected chi connectivity index (χ3v) is 4.96. The predicted octanol–water partition coefficient (Wildman–Crippen LogP) is 3.13. The van der Waals surface area contributed by atoms with Gasteiger partial charge in [0.25, 0.3) is 5.69 Å². The second-order valence-electron chi connectivity index (χ2n) is 6.28. The van der Waals surface area contributed by atoms with Crippen molar-refractivity contribution in [3.05, 3.63) is 52.6 Å². The Bertz CT molecular complexity index is 829. The van der Waals surface area contributed by atoms with E-state index in [-0.39, 0.29) is 10.6 Å². The summed E-state index contributed by atoms with van der Waals surface area (Å²) < 4.78 is 10.6. The number of thiocarbonyl (C=S) groups is 1. The van der Waals surface area contributed by atoms with Gasteiger partial charge in [-0.25, -0.2) is 0 Å². The molecule has 148 valence electrons. The zero-order valence-corrected chi connectivity index (χ0v) is 16.6. The van der Waals surface area contributed by atoms with Gasteiger partial charge >= 0.3 is 0 Å². The molecule has 1 heterocycles. The topological polar surface area (TPSA) is 80.1 Å². The van der Waals surface area contributed by atoms with Gasteiger partial charge in [0.2, 0.25) is 0 Å². The Hall–Kier alpha value is -3.07. The summed E-state index contributed by atoms with van der Waals surface area (Å²) in [4.78, 5) is 14.7. The van der Waals surface area contributed by atoms with Crippen LogP contribution in [0.4, 0.5) is 17.1 Å². The molecule has 0 aromatic heterocycles. The number of hydrogen-bond acceptors (Lipinski definition) is 6. The smallest absolute Gasteiger partial charge is 0.269 e. The van der Waals surface area contributed by atoms with Crippen molar-refractivity contribution in [2.24, 2.45) is 0 Å². The van der Waals surface area contributed by atoms with Gasteiger partial charge in [0.15, 0.2) is 5.11 Å². The summed E-state index contributed by atoms with van der Waals surface area (Å²) in [6.45, 7) is 3.07. The van der Waals surface area contributed by atoms with E-state index in [1.54, 1.807) is 32.4 Å². The molecule has 1 aliphatic rings. The van der Waals surface area contributed by atoms with E-state index in [0.29, 0.717) is 16.6 Å². The van der Waals surface area contributed by atoms with Crippen LogP contribution in [-0.4, -0.2) is 55.3 Å². The number of anilines is 2. The molecule has 0 unspecified atom stereocenters. The molecule has 28 heavy (non-hydrogen) atoms. The molecular weight excluding hydrogens is 380 g/mol. The van der Waals surface area contributed by atoms with E-state index in [9.17, 15) is 10.1 Å². The van der Waals surface area contributed by atoms with Gasteiger partial charge in [-0.2, -0.15) is 0 Å². The predicted molar refractivity (Wildman–Crippen MR) is 113 cm³/mol. The lowest BCUT2D eigenvalue weighted by atomic mass is 10.2. The molecule has 2 aromatic rings. The highest BCUT2D eigenvalue weighted by molar-refractivity contribution is 7.80. The lowest BCUT2D eigenvalue weighted by Crippen LogP contribution is -2.50. The summed E-state index contributed by atoms with van der Waals surface area (Å²) in [7, 11) is 3.21. The molecule has 1 N–H and O–H groups in total. The molecule has 9 heteroatoms. The molecule has 1 fully saturated rings. The van der Waals surface area contributed by atoms with E-state index in [2.05, 4.69) is 15.1 Å². The van der Waals surface area contributed by atoms with Gasteiger partial charge in [-0.3, -0.25) is 10.1 Å². The van der Waals surface area contributed by atoms with Crippen LogP contribution < -0.4 is 19.7 Å². The lowest BCUT2D eigenvalue weighted by Gasteiger charge is -2.37. The molecule has 2 aromatic carbocycles. The minimum absolute atomic E-state index is 0.0986. The third-order valence-electron chi connectivity index (χ3n) is 4.60. The van der Waals surface area contributed by atoms with Gasteiger partial charge in [0.1, 0.15) is 11.5 Å². The highest BCUT2D eigenvalue weighted by Gasteiger charge is 2.20. The number of methoxy groups -OCH3 is 2. The maximum absolute atomic E-state index is 10.8. The second kappa shape index (κ2) is 8.75. The van der Waals surface area contributed by atoms with Crippen LogP contribution in [0, 0.1) is 10.1 Å². The molecule has 0 atom stereocenters. The van der Waals surface area contributed by atoms with E-state index in [0.717, 1.165) is 37.6 Å². The number of nitro groups is 1. The number of benzene rings is 2. The number of hydrogen-bond donors (Lipinski definition) is 1. The van der Waals surface area contributed by atoms with E-state index in [4.69, 9.17) is 21.7 Å². The molecule has 8 nitrogen and oxygen atoms in total. The van der Waals surface area contributed by atoms with Crippen molar-refractivity contribution in [1.82, 2.24) is 4.90 Å². The monoisotopic (exact) mass is 402 g/mol.